The smallest absolute Gasteiger partial charge is 0.333 e. The Morgan fingerprint density at radius 1 is 1.36 bits per heavy atom. The Kier molecular flexibility index (Phi) is 6.79. The molecule has 1 aliphatic rings. The normalized spacial score (nSPS) is 19.6. The van der Waals surface area contributed by atoms with Crippen molar-refractivity contribution in [2.24, 2.45) is 0 Å². The van der Waals surface area contributed by atoms with Gasteiger partial charge in [0.1, 0.15) is 0 Å². The summed E-state index contributed by atoms with van der Waals surface area (Å²) >= 11 is 1.50. The van der Waals surface area contributed by atoms with Crippen molar-refractivity contribution in [3.63, 3.8) is 0 Å². The van der Waals surface area contributed by atoms with Crippen LogP contribution < -0.4 is 10.6 Å². The Labute approximate surface area is 148 Å². The molecule has 0 aliphatic carbocycles. The minimum absolute atomic E-state index is 0.0172. The average molecular weight is 378 g/mol. The molecule has 1 saturated heterocycles. The van der Waals surface area contributed by atoms with E-state index in [0.29, 0.717) is 19.6 Å². The largest absolute Gasteiger partial charge is 0.401 e. The molecule has 2 N–H and O–H groups in total. The molecule has 1 aliphatic heterocycles. The second-order valence-electron chi connectivity index (χ2n) is 5.98. The van der Waals surface area contributed by atoms with Crippen LogP contribution in [0.3, 0.4) is 0 Å². The van der Waals surface area contributed by atoms with Crippen LogP contribution in [-0.2, 0) is 11.3 Å². The van der Waals surface area contributed by atoms with Gasteiger partial charge in [0.2, 0.25) is 5.91 Å². The second-order valence-corrected chi connectivity index (χ2v) is 7.01. The number of alkyl halides is 3. The standard InChI is InChI=1S/C15H21F3N4O2S/c1-11-8-21(4-5-22(11)10-15(16,17)18)9-13(23)20-14(24)19-7-12-3-2-6-25-12/h2-3,6,11H,4-5,7-10H2,1H3,(H2,19,20,23,24)/t11-/m1/s1. The number of carbonyl (C=O) groups is 2. The molecule has 0 unspecified atom stereocenters. The molecule has 2 rings (SSSR count). The van der Waals surface area contributed by atoms with Crippen molar-refractivity contribution in [1.29, 1.82) is 0 Å². The first-order chi connectivity index (χ1) is 11.7. The van der Waals surface area contributed by atoms with E-state index in [0.717, 1.165) is 4.88 Å². The number of nitrogens with zero attached hydrogens (tertiary/aromatic N) is 2. The molecular weight excluding hydrogens is 357 g/mol. The number of nitrogens with one attached hydrogen (secondary N) is 2. The van der Waals surface area contributed by atoms with Gasteiger partial charge in [0.05, 0.1) is 19.6 Å². The molecule has 6 nitrogen and oxygen atoms in total. The Morgan fingerprint density at radius 3 is 2.72 bits per heavy atom. The summed E-state index contributed by atoms with van der Waals surface area (Å²) in [7, 11) is 0. The van der Waals surface area contributed by atoms with Gasteiger partial charge in [-0.25, -0.2) is 4.79 Å². The van der Waals surface area contributed by atoms with Crippen molar-refractivity contribution in [2.45, 2.75) is 25.7 Å². The van der Waals surface area contributed by atoms with Crippen LogP contribution in [-0.4, -0.2) is 66.7 Å². The van der Waals surface area contributed by atoms with Gasteiger partial charge in [-0.3, -0.25) is 19.9 Å². The number of imide groups is 1. The van der Waals surface area contributed by atoms with Crippen LogP contribution in [0.5, 0.6) is 0 Å². The Balaban J connectivity index is 1.69. The summed E-state index contributed by atoms with van der Waals surface area (Å²) in [5.74, 6) is -0.472. The summed E-state index contributed by atoms with van der Waals surface area (Å²) in [5, 5.41) is 6.71. The SMILES string of the molecule is C[C@@H]1CN(CC(=O)NC(=O)NCc2cccs2)CCN1CC(F)(F)F. The zero-order chi connectivity index (χ0) is 18.4. The molecule has 0 radical (unpaired) electrons. The molecule has 10 heteroatoms. The first-order valence-electron chi connectivity index (χ1n) is 7.86. The summed E-state index contributed by atoms with van der Waals surface area (Å²) in [6, 6.07) is 2.84. The monoisotopic (exact) mass is 378 g/mol. The average Bonchev–Trinajstić information content (AvgIpc) is 3.00. The molecule has 0 spiro atoms. The lowest BCUT2D eigenvalue weighted by Gasteiger charge is -2.39. The van der Waals surface area contributed by atoms with Crippen LogP contribution >= 0.6 is 11.3 Å². The van der Waals surface area contributed by atoms with E-state index < -0.39 is 24.7 Å². The molecule has 140 valence electrons. The van der Waals surface area contributed by atoms with Gasteiger partial charge in [-0.1, -0.05) is 6.07 Å². The molecule has 0 aromatic carbocycles. The van der Waals surface area contributed by atoms with E-state index >= 15 is 0 Å². The Morgan fingerprint density at radius 2 is 2.12 bits per heavy atom. The van der Waals surface area contributed by atoms with Gasteiger partial charge in [-0.05, 0) is 18.4 Å². The van der Waals surface area contributed by atoms with E-state index in [-0.39, 0.29) is 19.1 Å². The lowest BCUT2D eigenvalue weighted by Crippen LogP contribution is -2.56. The summed E-state index contributed by atoms with van der Waals surface area (Å²) in [6.45, 7) is 2.01. The van der Waals surface area contributed by atoms with E-state index in [9.17, 15) is 22.8 Å². The third kappa shape index (κ3) is 7.00. The number of halogens is 3. The van der Waals surface area contributed by atoms with Crippen LogP contribution in [0.2, 0.25) is 0 Å². The van der Waals surface area contributed by atoms with Crippen molar-refractivity contribution in [2.75, 3.05) is 32.7 Å². The fourth-order valence-corrected chi connectivity index (χ4v) is 3.32. The summed E-state index contributed by atoms with van der Waals surface area (Å²) in [4.78, 5) is 27.6. The molecule has 0 saturated carbocycles. The predicted octanol–water partition coefficient (Wildman–Crippen LogP) is 1.64. The fourth-order valence-electron chi connectivity index (χ4n) is 2.67. The zero-order valence-corrected chi connectivity index (χ0v) is 14.6. The maximum Gasteiger partial charge on any atom is 0.401 e. The maximum atomic E-state index is 12.5. The second kappa shape index (κ2) is 8.63. The fraction of sp³-hybridized carbons (Fsp3) is 0.600. The van der Waals surface area contributed by atoms with Gasteiger partial charge >= 0.3 is 12.2 Å². The van der Waals surface area contributed by atoms with Gasteiger partial charge < -0.3 is 5.32 Å². The number of carbonyl (C=O) groups excluding carboxylic acids is 2. The van der Waals surface area contributed by atoms with E-state index in [2.05, 4.69) is 10.6 Å². The van der Waals surface area contributed by atoms with E-state index in [1.54, 1.807) is 11.8 Å². The molecular formula is C15H21F3N4O2S. The molecule has 1 aromatic rings. The Hall–Kier alpha value is -1.65. The zero-order valence-electron chi connectivity index (χ0n) is 13.8. The van der Waals surface area contributed by atoms with E-state index in [1.165, 1.54) is 16.2 Å². The number of piperazine rings is 1. The quantitative estimate of drug-likeness (QED) is 0.818. The molecule has 0 bridgehead atoms. The highest BCUT2D eigenvalue weighted by atomic mass is 32.1. The molecule has 1 aromatic heterocycles. The van der Waals surface area contributed by atoms with Crippen molar-refractivity contribution in [3.05, 3.63) is 22.4 Å². The first kappa shape index (κ1) is 19.7. The summed E-state index contributed by atoms with van der Waals surface area (Å²) in [6.07, 6.45) is -4.23. The number of urea groups is 1. The van der Waals surface area contributed by atoms with Crippen molar-refractivity contribution < 1.29 is 22.8 Å². The van der Waals surface area contributed by atoms with Gasteiger partial charge in [-0.15, -0.1) is 11.3 Å². The van der Waals surface area contributed by atoms with E-state index in [4.69, 9.17) is 0 Å². The highest BCUT2D eigenvalue weighted by molar-refractivity contribution is 7.09. The topological polar surface area (TPSA) is 64.7 Å². The molecule has 2 heterocycles. The van der Waals surface area contributed by atoms with E-state index in [1.807, 2.05) is 17.5 Å². The minimum Gasteiger partial charge on any atom is -0.333 e. The van der Waals surface area contributed by atoms with Gasteiger partial charge in [0.15, 0.2) is 0 Å². The lowest BCUT2D eigenvalue weighted by molar-refractivity contribution is -0.155. The minimum atomic E-state index is -4.23. The number of thiophene rings is 1. The number of rotatable bonds is 5. The third-order valence-electron chi connectivity index (χ3n) is 3.86. The maximum absolute atomic E-state index is 12.5. The summed E-state index contributed by atoms with van der Waals surface area (Å²) < 4.78 is 37.4. The van der Waals surface area contributed by atoms with Crippen LogP contribution in [0.25, 0.3) is 0 Å². The lowest BCUT2D eigenvalue weighted by atomic mass is 10.2. The van der Waals surface area contributed by atoms with Gasteiger partial charge in [0.25, 0.3) is 0 Å². The number of amides is 3. The number of hydrogen-bond acceptors (Lipinski definition) is 5. The van der Waals surface area contributed by atoms with Crippen LogP contribution in [0.15, 0.2) is 17.5 Å². The highest BCUT2D eigenvalue weighted by Crippen LogP contribution is 2.20. The highest BCUT2D eigenvalue weighted by Gasteiger charge is 2.35. The van der Waals surface area contributed by atoms with Crippen LogP contribution in [0.1, 0.15) is 11.8 Å². The third-order valence-corrected chi connectivity index (χ3v) is 4.73. The van der Waals surface area contributed by atoms with Crippen LogP contribution in [0, 0.1) is 0 Å². The molecule has 3 amide bonds. The van der Waals surface area contributed by atoms with Crippen molar-refractivity contribution >= 4 is 23.3 Å². The summed E-state index contributed by atoms with van der Waals surface area (Å²) in [5.41, 5.74) is 0. The van der Waals surface area contributed by atoms with Gasteiger partial charge in [0, 0.05) is 30.6 Å². The van der Waals surface area contributed by atoms with Crippen molar-refractivity contribution in [1.82, 2.24) is 20.4 Å². The van der Waals surface area contributed by atoms with Gasteiger partial charge in [-0.2, -0.15) is 13.2 Å². The van der Waals surface area contributed by atoms with Crippen molar-refractivity contribution in [3.8, 4) is 0 Å². The first-order valence-corrected chi connectivity index (χ1v) is 8.74. The molecule has 1 atom stereocenters. The number of hydrogen-bond donors (Lipinski definition) is 2. The van der Waals surface area contributed by atoms with Crippen LogP contribution in [0.4, 0.5) is 18.0 Å². The molecule has 25 heavy (non-hydrogen) atoms. The Bertz CT molecular complexity index is 580. The predicted molar refractivity (Wildman–Crippen MR) is 88.2 cm³/mol. The molecule has 1 fully saturated rings.